The van der Waals surface area contributed by atoms with E-state index in [4.69, 9.17) is 0 Å². The zero-order valence-electron chi connectivity index (χ0n) is 11.2. The zero-order chi connectivity index (χ0) is 13.8. The molecule has 0 unspecified atom stereocenters. The molecule has 0 aromatic heterocycles. The van der Waals surface area contributed by atoms with Gasteiger partial charge in [0.25, 0.3) is 5.91 Å². The van der Waals surface area contributed by atoms with Crippen LogP contribution in [0.1, 0.15) is 42.5 Å². The third-order valence-electron chi connectivity index (χ3n) is 3.79. The fourth-order valence-electron chi connectivity index (χ4n) is 2.71. The Morgan fingerprint density at radius 2 is 2.05 bits per heavy atom. The van der Waals surface area contributed by atoms with E-state index in [0.717, 1.165) is 6.54 Å². The van der Waals surface area contributed by atoms with Crippen LogP contribution in [0.5, 0.6) is 0 Å². The van der Waals surface area contributed by atoms with Gasteiger partial charge in [0.2, 0.25) is 0 Å². The molecule has 4 heteroatoms. The summed E-state index contributed by atoms with van der Waals surface area (Å²) in [6.07, 6.45) is 6.15. The number of amides is 1. The van der Waals surface area contributed by atoms with E-state index in [9.17, 15) is 9.18 Å². The van der Waals surface area contributed by atoms with Crippen molar-refractivity contribution in [3.8, 4) is 0 Å². The number of hydrogen-bond acceptors (Lipinski definition) is 1. The van der Waals surface area contributed by atoms with E-state index in [0.29, 0.717) is 10.4 Å². The van der Waals surface area contributed by atoms with Gasteiger partial charge in [0.1, 0.15) is 5.82 Å². The average molecular weight is 328 g/mol. The molecule has 0 spiro atoms. The van der Waals surface area contributed by atoms with Crippen molar-refractivity contribution in [3.63, 3.8) is 0 Å². The van der Waals surface area contributed by atoms with Gasteiger partial charge in [0, 0.05) is 13.6 Å². The molecule has 104 valence electrons. The van der Waals surface area contributed by atoms with Gasteiger partial charge in [0.15, 0.2) is 0 Å². The minimum atomic E-state index is -0.469. The molecule has 1 amide bonds. The Bertz CT molecular complexity index is 457. The molecular weight excluding hydrogens is 309 g/mol. The molecule has 0 heterocycles. The predicted molar refractivity (Wildman–Crippen MR) is 77.6 cm³/mol. The molecule has 1 aromatic rings. The van der Waals surface area contributed by atoms with Crippen LogP contribution in [0.3, 0.4) is 0 Å². The Balaban J connectivity index is 2.03. The van der Waals surface area contributed by atoms with Crippen LogP contribution in [-0.2, 0) is 0 Å². The molecule has 0 atom stereocenters. The highest BCUT2D eigenvalue weighted by atomic mass is 79.9. The van der Waals surface area contributed by atoms with Gasteiger partial charge in [0.05, 0.1) is 10.0 Å². The summed E-state index contributed by atoms with van der Waals surface area (Å²) in [5, 5.41) is 0. The lowest BCUT2D eigenvalue weighted by atomic mass is 9.89. The maximum Gasteiger partial charge on any atom is 0.256 e. The molecule has 1 aliphatic carbocycles. The highest BCUT2D eigenvalue weighted by Gasteiger charge is 2.21. The molecule has 0 aliphatic heterocycles. The largest absolute Gasteiger partial charge is 0.341 e. The molecule has 1 saturated carbocycles. The van der Waals surface area contributed by atoms with Crippen molar-refractivity contribution in [2.24, 2.45) is 5.92 Å². The van der Waals surface area contributed by atoms with Gasteiger partial charge in [-0.3, -0.25) is 4.79 Å². The number of benzene rings is 1. The molecule has 2 rings (SSSR count). The first kappa shape index (κ1) is 14.5. The molecule has 1 aliphatic rings. The van der Waals surface area contributed by atoms with Crippen LogP contribution in [0.25, 0.3) is 0 Å². The molecule has 0 bridgehead atoms. The van der Waals surface area contributed by atoms with E-state index in [-0.39, 0.29) is 11.5 Å². The summed E-state index contributed by atoms with van der Waals surface area (Å²) in [5.41, 5.74) is 0.146. The smallest absolute Gasteiger partial charge is 0.256 e. The molecule has 2 nitrogen and oxygen atoms in total. The van der Waals surface area contributed by atoms with Crippen LogP contribution in [-0.4, -0.2) is 24.4 Å². The number of hydrogen-bond donors (Lipinski definition) is 0. The zero-order valence-corrected chi connectivity index (χ0v) is 12.7. The van der Waals surface area contributed by atoms with E-state index in [1.807, 2.05) is 0 Å². The lowest BCUT2D eigenvalue weighted by Gasteiger charge is -2.27. The topological polar surface area (TPSA) is 20.3 Å². The minimum absolute atomic E-state index is 0.146. The molecule has 1 aromatic carbocycles. The van der Waals surface area contributed by atoms with Gasteiger partial charge in [-0.25, -0.2) is 4.39 Å². The summed E-state index contributed by atoms with van der Waals surface area (Å²) < 4.78 is 14.2. The summed E-state index contributed by atoms with van der Waals surface area (Å²) in [5.74, 6) is -0.134. The number of nitrogens with zero attached hydrogens (tertiary/aromatic N) is 1. The third-order valence-corrected chi connectivity index (χ3v) is 4.40. The molecule has 1 fully saturated rings. The third kappa shape index (κ3) is 3.56. The standard InChI is InChI=1S/C15H19BrFNO/c1-18(10-11-6-3-2-4-7-11)15(19)12-8-5-9-13(16)14(12)17/h5,8-9,11H,2-4,6-7,10H2,1H3. The quantitative estimate of drug-likeness (QED) is 0.813. The summed E-state index contributed by atoms with van der Waals surface area (Å²) in [4.78, 5) is 13.9. The van der Waals surface area contributed by atoms with Crippen molar-refractivity contribution in [2.75, 3.05) is 13.6 Å². The Morgan fingerprint density at radius 3 is 2.74 bits per heavy atom. The second-order valence-electron chi connectivity index (χ2n) is 5.29. The van der Waals surface area contributed by atoms with E-state index in [2.05, 4.69) is 15.9 Å². The van der Waals surface area contributed by atoms with Gasteiger partial charge in [-0.2, -0.15) is 0 Å². The second kappa shape index (κ2) is 6.51. The van der Waals surface area contributed by atoms with E-state index in [1.165, 1.54) is 32.1 Å². The van der Waals surface area contributed by atoms with Gasteiger partial charge < -0.3 is 4.90 Å². The first-order valence-corrected chi connectivity index (χ1v) is 7.58. The predicted octanol–water partition coefficient (Wildman–Crippen LogP) is 4.24. The second-order valence-corrected chi connectivity index (χ2v) is 6.15. The van der Waals surface area contributed by atoms with Crippen molar-refractivity contribution in [3.05, 3.63) is 34.1 Å². The van der Waals surface area contributed by atoms with Gasteiger partial charge in [-0.1, -0.05) is 25.3 Å². The molecular formula is C15H19BrFNO. The summed E-state index contributed by atoms with van der Waals surface area (Å²) in [7, 11) is 1.76. The summed E-state index contributed by atoms with van der Waals surface area (Å²) in [6.45, 7) is 0.727. The highest BCUT2D eigenvalue weighted by molar-refractivity contribution is 9.10. The van der Waals surface area contributed by atoms with Crippen LogP contribution >= 0.6 is 15.9 Å². The van der Waals surface area contributed by atoms with Crippen LogP contribution in [0.2, 0.25) is 0 Å². The molecule has 19 heavy (non-hydrogen) atoms. The summed E-state index contributed by atoms with van der Waals surface area (Å²) >= 11 is 3.12. The van der Waals surface area contributed by atoms with Gasteiger partial charge >= 0.3 is 0 Å². The SMILES string of the molecule is CN(CC1CCCCC1)C(=O)c1cccc(Br)c1F. The van der Waals surface area contributed by atoms with Crippen LogP contribution in [0.4, 0.5) is 4.39 Å². The van der Waals surface area contributed by atoms with E-state index >= 15 is 0 Å². The minimum Gasteiger partial charge on any atom is -0.341 e. The van der Waals surface area contributed by atoms with Crippen molar-refractivity contribution in [1.29, 1.82) is 0 Å². The number of rotatable bonds is 3. The normalized spacial score (nSPS) is 16.4. The number of carbonyl (C=O) groups is 1. The fraction of sp³-hybridized carbons (Fsp3) is 0.533. The summed E-state index contributed by atoms with van der Waals surface area (Å²) in [6, 6.07) is 4.84. The average Bonchev–Trinajstić information content (AvgIpc) is 2.42. The van der Waals surface area contributed by atoms with E-state index < -0.39 is 5.82 Å². The first-order chi connectivity index (χ1) is 9.09. The van der Waals surface area contributed by atoms with Crippen molar-refractivity contribution >= 4 is 21.8 Å². The van der Waals surface area contributed by atoms with E-state index in [1.54, 1.807) is 30.1 Å². The maximum atomic E-state index is 13.9. The Morgan fingerprint density at radius 1 is 1.37 bits per heavy atom. The number of halogens is 2. The highest BCUT2D eigenvalue weighted by Crippen LogP contribution is 2.25. The maximum absolute atomic E-state index is 13.9. The van der Waals surface area contributed by atoms with Gasteiger partial charge in [-0.15, -0.1) is 0 Å². The lowest BCUT2D eigenvalue weighted by molar-refractivity contribution is 0.0755. The molecule has 0 saturated heterocycles. The van der Waals surface area contributed by atoms with Crippen molar-refractivity contribution in [1.82, 2.24) is 4.90 Å². The Kier molecular flexibility index (Phi) is 4.97. The Hall–Kier alpha value is -0.900. The first-order valence-electron chi connectivity index (χ1n) is 6.79. The van der Waals surface area contributed by atoms with Crippen molar-refractivity contribution in [2.45, 2.75) is 32.1 Å². The van der Waals surface area contributed by atoms with Gasteiger partial charge in [-0.05, 0) is 46.8 Å². The molecule has 0 radical (unpaired) electrons. The fourth-order valence-corrected chi connectivity index (χ4v) is 3.08. The monoisotopic (exact) mass is 327 g/mol. The van der Waals surface area contributed by atoms with Crippen molar-refractivity contribution < 1.29 is 9.18 Å². The number of carbonyl (C=O) groups excluding carboxylic acids is 1. The lowest BCUT2D eigenvalue weighted by Crippen LogP contribution is -2.33. The van der Waals surface area contributed by atoms with Crippen LogP contribution < -0.4 is 0 Å². The van der Waals surface area contributed by atoms with Crippen LogP contribution in [0.15, 0.2) is 22.7 Å². The molecule has 0 N–H and O–H groups in total. The van der Waals surface area contributed by atoms with Crippen LogP contribution in [0, 0.1) is 11.7 Å². The Labute approximate surface area is 122 Å².